The molecule has 1 aromatic rings. The van der Waals surface area contributed by atoms with Crippen molar-refractivity contribution in [2.24, 2.45) is 5.92 Å². The van der Waals surface area contributed by atoms with E-state index in [0.717, 1.165) is 0 Å². The molecule has 0 unspecified atom stereocenters. The minimum absolute atomic E-state index is 0.113. The van der Waals surface area contributed by atoms with E-state index >= 15 is 0 Å². The maximum absolute atomic E-state index is 14.1. The van der Waals surface area contributed by atoms with Crippen molar-refractivity contribution in [3.05, 3.63) is 20.5 Å². The Morgan fingerprint density at radius 2 is 2.11 bits per heavy atom. The van der Waals surface area contributed by atoms with Crippen LogP contribution in [0.15, 0.2) is 0 Å². The monoisotopic (exact) mass is 362 g/mol. The molecule has 0 saturated heterocycles. The molecule has 1 aromatic carbocycles. The Hall–Kier alpha value is -1.03. The molecular formula is C13H16FIN2O. The summed E-state index contributed by atoms with van der Waals surface area (Å²) < 4.78 is 19.6. The fraction of sp³-hybridized carbons (Fsp3) is 0.462. The van der Waals surface area contributed by atoms with E-state index in [4.69, 9.17) is 4.74 Å². The van der Waals surface area contributed by atoms with Crippen LogP contribution in [0, 0.1) is 33.6 Å². The van der Waals surface area contributed by atoms with Crippen LogP contribution in [-0.2, 0) is 0 Å². The normalized spacial score (nSPS) is 10.3. The molecule has 0 aliphatic carbocycles. The molecule has 0 aliphatic heterocycles. The first-order chi connectivity index (χ1) is 8.43. The molecule has 5 heteroatoms. The van der Waals surface area contributed by atoms with Crippen LogP contribution >= 0.6 is 22.6 Å². The first-order valence-electron chi connectivity index (χ1n) is 5.63. The van der Waals surface area contributed by atoms with Crippen molar-refractivity contribution in [1.29, 1.82) is 5.26 Å². The van der Waals surface area contributed by atoms with Crippen molar-refractivity contribution < 1.29 is 9.13 Å². The summed E-state index contributed by atoms with van der Waals surface area (Å²) in [5.41, 5.74) is 1.53. The van der Waals surface area contributed by atoms with Gasteiger partial charge in [0.15, 0.2) is 11.6 Å². The third-order valence-electron chi connectivity index (χ3n) is 2.58. The van der Waals surface area contributed by atoms with Crippen LogP contribution in [0.5, 0.6) is 5.75 Å². The molecule has 18 heavy (non-hydrogen) atoms. The van der Waals surface area contributed by atoms with E-state index in [1.54, 1.807) is 6.92 Å². The summed E-state index contributed by atoms with van der Waals surface area (Å²) in [6.45, 7) is 6.48. The fourth-order valence-corrected chi connectivity index (χ4v) is 2.11. The zero-order valence-corrected chi connectivity index (χ0v) is 13.1. The lowest BCUT2D eigenvalue weighted by atomic mass is 10.1. The lowest BCUT2D eigenvalue weighted by molar-refractivity contribution is 0.386. The van der Waals surface area contributed by atoms with Gasteiger partial charge in [-0.25, -0.2) is 4.39 Å². The van der Waals surface area contributed by atoms with Crippen LogP contribution < -0.4 is 10.1 Å². The average Bonchev–Trinajstić information content (AvgIpc) is 2.33. The minimum Gasteiger partial charge on any atom is -0.492 e. The van der Waals surface area contributed by atoms with E-state index in [1.807, 2.05) is 36.4 Å². The number of rotatable bonds is 4. The Balaban J connectivity index is 3.41. The highest BCUT2D eigenvalue weighted by atomic mass is 127. The smallest absolute Gasteiger partial charge is 0.180 e. The number of hydrogen-bond acceptors (Lipinski definition) is 3. The third kappa shape index (κ3) is 2.86. The summed E-state index contributed by atoms with van der Waals surface area (Å²) in [6, 6.07) is 2.12. The maximum Gasteiger partial charge on any atom is 0.180 e. The number of halogens is 2. The van der Waals surface area contributed by atoms with Gasteiger partial charge in [0.25, 0.3) is 0 Å². The molecule has 0 amide bonds. The van der Waals surface area contributed by atoms with E-state index in [0.29, 0.717) is 32.8 Å². The largest absolute Gasteiger partial charge is 0.492 e. The molecule has 0 aliphatic rings. The van der Waals surface area contributed by atoms with Gasteiger partial charge in [-0.3, -0.25) is 0 Å². The van der Waals surface area contributed by atoms with Gasteiger partial charge < -0.3 is 10.1 Å². The Labute approximate surface area is 120 Å². The number of nitrogens with zero attached hydrogens (tertiary/aromatic N) is 1. The second-order valence-corrected chi connectivity index (χ2v) is 5.50. The topological polar surface area (TPSA) is 45.0 Å². The summed E-state index contributed by atoms with van der Waals surface area (Å²) in [5, 5.41) is 12.3. The molecular weight excluding hydrogens is 346 g/mol. The fourth-order valence-electron chi connectivity index (χ4n) is 1.59. The van der Waals surface area contributed by atoms with Gasteiger partial charge in [-0.2, -0.15) is 5.26 Å². The highest BCUT2D eigenvalue weighted by Gasteiger charge is 2.21. The minimum atomic E-state index is -0.416. The number of benzene rings is 1. The van der Waals surface area contributed by atoms with Crippen molar-refractivity contribution in [2.45, 2.75) is 20.8 Å². The number of anilines is 1. The summed E-state index contributed by atoms with van der Waals surface area (Å²) >= 11 is 1.89. The van der Waals surface area contributed by atoms with E-state index in [1.165, 1.54) is 7.11 Å². The quantitative estimate of drug-likeness (QED) is 0.831. The summed E-state index contributed by atoms with van der Waals surface area (Å²) in [4.78, 5) is 0. The molecule has 0 spiro atoms. The van der Waals surface area contributed by atoms with Crippen molar-refractivity contribution in [3.8, 4) is 11.8 Å². The van der Waals surface area contributed by atoms with Crippen molar-refractivity contribution in [2.75, 3.05) is 19.0 Å². The SMILES string of the molecule is COc1c(F)c(I)c(C)c(C#N)c1NCC(C)C. The number of nitrogens with one attached hydrogen (secondary N) is 1. The van der Waals surface area contributed by atoms with Gasteiger partial charge in [-0.05, 0) is 41.0 Å². The van der Waals surface area contributed by atoms with Gasteiger partial charge in [-0.15, -0.1) is 0 Å². The summed E-state index contributed by atoms with van der Waals surface area (Å²) in [7, 11) is 1.41. The van der Waals surface area contributed by atoms with Crippen LogP contribution in [0.25, 0.3) is 0 Å². The highest BCUT2D eigenvalue weighted by Crippen LogP contribution is 2.37. The van der Waals surface area contributed by atoms with Crippen molar-refractivity contribution in [1.82, 2.24) is 0 Å². The van der Waals surface area contributed by atoms with Crippen LogP contribution in [0.2, 0.25) is 0 Å². The molecule has 0 saturated carbocycles. The van der Waals surface area contributed by atoms with Gasteiger partial charge >= 0.3 is 0 Å². The van der Waals surface area contributed by atoms with Gasteiger partial charge in [0.05, 0.1) is 21.9 Å². The zero-order chi connectivity index (χ0) is 13.9. The predicted octanol–water partition coefficient (Wildman–Crippen LogP) is 3.69. The molecule has 1 N–H and O–H groups in total. The first-order valence-corrected chi connectivity index (χ1v) is 6.71. The second kappa shape index (κ2) is 6.23. The third-order valence-corrected chi connectivity index (χ3v) is 3.86. The van der Waals surface area contributed by atoms with Crippen LogP contribution in [0.4, 0.5) is 10.1 Å². The molecule has 3 nitrogen and oxygen atoms in total. The van der Waals surface area contributed by atoms with E-state index < -0.39 is 5.82 Å². The van der Waals surface area contributed by atoms with Gasteiger partial charge in [0, 0.05) is 6.54 Å². The van der Waals surface area contributed by atoms with Crippen LogP contribution in [0.1, 0.15) is 25.0 Å². The Morgan fingerprint density at radius 1 is 1.50 bits per heavy atom. The van der Waals surface area contributed by atoms with E-state index in [9.17, 15) is 9.65 Å². The molecule has 0 heterocycles. The average molecular weight is 362 g/mol. The lowest BCUT2D eigenvalue weighted by Gasteiger charge is -2.17. The zero-order valence-electron chi connectivity index (χ0n) is 10.9. The highest BCUT2D eigenvalue weighted by molar-refractivity contribution is 14.1. The van der Waals surface area contributed by atoms with Gasteiger partial charge in [0.1, 0.15) is 6.07 Å². The standard InChI is InChI=1S/C13H16FIN2O/c1-7(2)6-17-12-9(5-16)8(3)11(15)10(14)13(12)18-4/h7,17H,6H2,1-4H3. The second-order valence-electron chi connectivity index (χ2n) is 4.42. The van der Waals surface area contributed by atoms with Gasteiger partial charge in [0.2, 0.25) is 0 Å². The Kier molecular flexibility index (Phi) is 5.20. The van der Waals surface area contributed by atoms with Crippen LogP contribution in [-0.4, -0.2) is 13.7 Å². The maximum atomic E-state index is 14.1. The number of hydrogen-bond donors (Lipinski definition) is 1. The number of ether oxygens (including phenoxy) is 1. The van der Waals surface area contributed by atoms with Crippen LogP contribution in [0.3, 0.4) is 0 Å². The molecule has 0 aromatic heterocycles. The van der Waals surface area contributed by atoms with Crippen molar-refractivity contribution in [3.63, 3.8) is 0 Å². The molecule has 0 fully saturated rings. The predicted molar refractivity (Wildman–Crippen MR) is 78.4 cm³/mol. The number of methoxy groups -OCH3 is 1. The Bertz CT molecular complexity index is 495. The molecule has 0 atom stereocenters. The van der Waals surface area contributed by atoms with E-state index in [2.05, 4.69) is 11.4 Å². The van der Waals surface area contributed by atoms with E-state index in [-0.39, 0.29) is 5.75 Å². The Morgan fingerprint density at radius 3 is 2.56 bits per heavy atom. The lowest BCUT2D eigenvalue weighted by Crippen LogP contribution is -2.12. The van der Waals surface area contributed by atoms with Crippen molar-refractivity contribution >= 4 is 28.3 Å². The molecule has 0 radical (unpaired) electrons. The molecule has 1 rings (SSSR count). The molecule has 98 valence electrons. The molecule has 0 bridgehead atoms. The van der Waals surface area contributed by atoms with Gasteiger partial charge in [-0.1, -0.05) is 13.8 Å². The number of nitriles is 1. The summed E-state index contributed by atoms with van der Waals surface area (Å²) in [6.07, 6.45) is 0. The first kappa shape index (κ1) is 15.0. The summed E-state index contributed by atoms with van der Waals surface area (Å²) in [5.74, 6) is 0.0898.